The summed E-state index contributed by atoms with van der Waals surface area (Å²) in [6.45, 7) is -0.394. The highest BCUT2D eigenvalue weighted by atomic mass is 32.2. The molecule has 1 aliphatic rings. The second-order valence-electron chi connectivity index (χ2n) is 6.15. The van der Waals surface area contributed by atoms with Gasteiger partial charge in [-0.2, -0.15) is 8.78 Å². The fourth-order valence-corrected chi connectivity index (χ4v) is 4.53. The molecule has 0 aliphatic heterocycles. The molecule has 0 saturated heterocycles. The second-order valence-corrected chi connectivity index (χ2v) is 8.35. The van der Waals surface area contributed by atoms with Gasteiger partial charge in [-0.3, -0.25) is 4.79 Å². The molecule has 0 saturated carbocycles. The number of carbonyl (C=O) groups excluding carboxylic acids is 2. The predicted octanol–water partition coefficient (Wildman–Crippen LogP) is 5.13. The molecule has 0 bridgehead atoms. The van der Waals surface area contributed by atoms with E-state index in [1.54, 1.807) is 0 Å². The minimum atomic E-state index is -2.49. The van der Waals surface area contributed by atoms with Gasteiger partial charge in [0.1, 0.15) is 4.88 Å². The van der Waals surface area contributed by atoms with Gasteiger partial charge in [-0.1, -0.05) is 18.2 Å². The molecule has 4 nitrogen and oxygen atoms in total. The molecule has 0 fully saturated rings. The number of fused-ring (bicyclic) bond motifs is 1. The quantitative estimate of drug-likeness (QED) is 0.407. The zero-order valence-electron chi connectivity index (χ0n) is 14.5. The maximum Gasteiger partial charge on any atom is 0.348 e. The fourth-order valence-electron chi connectivity index (χ4n) is 2.89. The van der Waals surface area contributed by atoms with Crippen LogP contribution in [0.4, 0.5) is 14.5 Å². The molecule has 0 unspecified atom stereocenters. The third-order valence-corrected chi connectivity index (χ3v) is 6.09. The number of thiophene rings is 1. The molecule has 3 rings (SSSR count). The summed E-state index contributed by atoms with van der Waals surface area (Å²) in [5, 5.41) is 2.58. The van der Waals surface area contributed by atoms with E-state index < -0.39 is 24.2 Å². The summed E-state index contributed by atoms with van der Waals surface area (Å²) in [5.74, 6) is -3.46. The largest absolute Gasteiger partial charge is 0.451 e. The molecule has 1 aromatic carbocycles. The number of amides is 1. The van der Waals surface area contributed by atoms with Gasteiger partial charge in [0.25, 0.3) is 11.7 Å². The SMILES string of the molecule is O=C(COC(=O)c1cc2c(s1)CCCCC2)Nc1ccc(SC(F)F)cc1. The van der Waals surface area contributed by atoms with Gasteiger partial charge >= 0.3 is 5.97 Å². The molecule has 1 aliphatic carbocycles. The number of esters is 1. The van der Waals surface area contributed by atoms with Crippen molar-refractivity contribution < 1.29 is 23.1 Å². The van der Waals surface area contributed by atoms with Crippen LogP contribution in [0.5, 0.6) is 0 Å². The topological polar surface area (TPSA) is 55.4 Å². The molecular weight excluding hydrogens is 392 g/mol. The van der Waals surface area contributed by atoms with Crippen LogP contribution in [0.15, 0.2) is 35.2 Å². The molecule has 0 radical (unpaired) electrons. The zero-order valence-corrected chi connectivity index (χ0v) is 16.1. The van der Waals surface area contributed by atoms with E-state index in [1.165, 1.54) is 52.5 Å². The summed E-state index contributed by atoms with van der Waals surface area (Å²) >= 11 is 1.88. The average molecular weight is 411 g/mol. The number of hydrogen-bond donors (Lipinski definition) is 1. The van der Waals surface area contributed by atoms with Crippen LogP contribution < -0.4 is 5.32 Å². The first-order valence-electron chi connectivity index (χ1n) is 8.64. The van der Waals surface area contributed by atoms with Crippen molar-refractivity contribution in [2.24, 2.45) is 0 Å². The van der Waals surface area contributed by atoms with Crippen LogP contribution in [0.3, 0.4) is 0 Å². The van der Waals surface area contributed by atoms with Crippen molar-refractivity contribution in [2.45, 2.75) is 42.8 Å². The van der Waals surface area contributed by atoms with Gasteiger partial charge in [-0.05, 0) is 61.6 Å². The van der Waals surface area contributed by atoms with Crippen molar-refractivity contribution in [3.05, 3.63) is 45.6 Å². The molecule has 1 aromatic heterocycles. The second kappa shape index (κ2) is 9.32. The van der Waals surface area contributed by atoms with Crippen LogP contribution in [0, 0.1) is 0 Å². The number of halogens is 2. The predicted molar refractivity (Wildman–Crippen MR) is 103 cm³/mol. The van der Waals surface area contributed by atoms with Crippen LogP contribution in [-0.2, 0) is 22.4 Å². The van der Waals surface area contributed by atoms with Crippen LogP contribution in [0.2, 0.25) is 0 Å². The van der Waals surface area contributed by atoms with E-state index in [4.69, 9.17) is 4.74 Å². The van der Waals surface area contributed by atoms with Crippen molar-refractivity contribution >= 4 is 40.7 Å². The fraction of sp³-hybridized carbons (Fsp3) is 0.368. The third kappa shape index (κ3) is 5.77. The highest BCUT2D eigenvalue weighted by molar-refractivity contribution is 7.99. The molecule has 2 aromatic rings. The number of alkyl halides is 2. The lowest BCUT2D eigenvalue weighted by Crippen LogP contribution is -2.20. The number of nitrogens with one attached hydrogen (secondary N) is 1. The van der Waals surface area contributed by atoms with Crippen molar-refractivity contribution in [3.8, 4) is 0 Å². The number of aryl methyl sites for hydroxylation is 2. The lowest BCUT2D eigenvalue weighted by Gasteiger charge is -2.07. The molecule has 27 heavy (non-hydrogen) atoms. The number of anilines is 1. The Labute approximate surface area is 164 Å². The van der Waals surface area contributed by atoms with Gasteiger partial charge in [0.15, 0.2) is 6.61 Å². The first-order valence-corrected chi connectivity index (χ1v) is 10.3. The van der Waals surface area contributed by atoms with Crippen LogP contribution in [-0.4, -0.2) is 24.2 Å². The maximum atomic E-state index is 12.3. The molecule has 1 heterocycles. The van der Waals surface area contributed by atoms with E-state index in [0.29, 0.717) is 27.2 Å². The Morgan fingerprint density at radius 2 is 1.89 bits per heavy atom. The maximum absolute atomic E-state index is 12.3. The summed E-state index contributed by atoms with van der Waals surface area (Å²) in [7, 11) is 0. The van der Waals surface area contributed by atoms with Gasteiger partial charge in [0, 0.05) is 15.5 Å². The van der Waals surface area contributed by atoms with Gasteiger partial charge in [-0.25, -0.2) is 4.79 Å². The van der Waals surface area contributed by atoms with Crippen molar-refractivity contribution in [3.63, 3.8) is 0 Å². The molecule has 1 amide bonds. The molecular formula is C19H19F2NO3S2. The Morgan fingerprint density at radius 3 is 2.63 bits per heavy atom. The van der Waals surface area contributed by atoms with Gasteiger partial charge < -0.3 is 10.1 Å². The van der Waals surface area contributed by atoms with Gasteiger partial charge in [0.05, 0.1) is 0 Å². The number of carbonyl (C=O) groups is 2. The summed E-state index contributed by atoms with van der Waals surface area (Å²) in [5.41, 5.74) is 1.67. The minimum absolute atomic E-state index is 0.394. The number of ether oxygens (including phenoxy) is 1. The Kier molecular flexibility index (Phi) is 6.84. The van der Waals surface area contributed by atoms with Crippen molar-refractivity contribution in [1.29, 1.82) is 0 Å². The summed E-state index contributed by atoms with van der Waals surface area (Å²) in [4.78, 5) is 26.3. The van der Waals surface area contributed by atoms with Gasteiger partial charge in [-0.15, -0.1) is 11.3 Å². The van der Waals surface area contributed by atoms with E-state index in [1.807, 2.05) is 6.07 Å². The standard InChI is InChI=1S/C19H19F2NO3S2/c20-19(21)26-14-8-6-13(7-9-14)22-17(23)11-25-18(24)16-10-12-4-2-1-3-5-15(12)27-16/h6-10,19H,1-5,11H2,(H,22,23). The lowest BCUT2D eigenvalue weighted by molar-refractivity contribution is -0.119. The molecule has 8 heteroatoms. The number of thioether (sulfide) groups is 1. The Morgan fingerprint density at radius 1 is 1.15 bits per heavy atom. The van der Waals surface area contributed by atoms with E-state index in [0.717, 1.165) is 25.7 Å². The Bertz CT molecular complexity index is 782. The van der Waals surface area contributed by atoms with Crippen molar-refractivity contribution in [2.75, 3.05) is 11.9 Å². The van der Waals surface area contributed by atoms with Crippen LogP contribution in [0.25, 0.3) is 0 Å². The normalized spacial score (nSPS) is 13.7. The highest BCUT2D eigenvalue weighted by Crippen LogP contribution is 2.29. The minimum Gasteiger partial charge on any atom is -0.451 e. The Balaban J connectivity index is 1.49. The van der Waals surface area contributed by atoms with E-state index >= 15 is 0 Å². The first-order chi connectivity index (χ1) is 13.0. The lowest BCUT2D eigenvalue weighted by atomic mass is 10.1. The molecule has 144 valence electrons. The summed E-state index contributed by atoms with van der Waals surface area (Å²) in [6.07, 6.45) is 5.46. The van der Waals surface area contributed by atoms with E-state index in [2.05, 4.69) is 5.32 Å². The van der Waals surface area contributed by atoms with Crippen molar-refractivity contribution in [1.82, 2.24) is 0 Å². The average Bonchev–Trinajstić information content (AvgIpc) is 2.92. The van der Waals surface area contributed by atoms with E-state index in [-0.39, 0.29) is 0 Å². The molecule has 1 N–H and O–H groups in total. The Hall–Kier alpha value is -1.93. The van der Waals surface area contributed by atoms with Crippen LogP contribution in [0.1, 0.15) is 39.4 Å². The number of hydrogen-bond acceptors (Lipinski definition) is 5. The van der Waals surface area contributed by atoms with Gasteiger partial charge in [0.2, 0.25) is 0 Å². The third-order valence-electron chi connectivity index (χ3n) is 4.15. The van der Waals surface area contributed by atoms with Crippen LogP contribution >= 0.6 is 23.1 Å². The number of rotatable bonds is 6. The number of benzene rings is 1. The smallest absolute Gasteiger partial charge is 0.348 e. The first kappa shape index (κ1) is 19.8. The highest BCUT2D eigenvalue weighted by Gasteiger charge is 2.18. The van der Waals surface area contributed by atoms with E-state index in [9.17, 15) is 18.4 Å². The zero-order chi connectivity index (χ0) is 19.2. The molecule has 0 atom stereocenters. The summed E-state index contributed by atoms with van der Waals surface area (Å²) in [6, 6.07) is 7.93. The monoisotopic (exact) mass is 411 g/mol. The molecule has 0 spiro atoms. The summed E-state index contributed by atoms with van der Waals surface area (Å²) < 4.78 is 29.7.